The molecule has 0 atom stereocenters. The molecule has 2 heterocycles. The molecule has 0 radical (unpaired) electrons. The molecule has 12 heteroatoms. The van der Waals surface area contributed by atoms with E-state index in [1.165, 1.54) is 42.3 Å². The SMILES string of the molecule is CC(=O)N(C)c1ccc(-c2ccc(OCC(=O)Nc3ccc(CN4CCNCC4)c(C(F)(F)F)c3)c(F)c2)cn1. The molecule has 1 aromatic heterocycles. The van der Waals surface area contributed by atoms with Crippen LogP contribution in [0.15, 0.2) is 54.7 Å². The average molecular weight is 560 g/mol. The van der Waals surface area contributed by atoms with Crippen LogP contribution in [0.25, 0.3) is 11.1 Å². The summed E-state index contributed by atoms with van der Waals surface area (Å²) in [5, 5.41) is 5.55. The van der Waals surface area contributed by atoms with Crippen molar-refractivity contribution in [1.82, 2.24) is 15.2 Å². The van der Waals surface area contributed by atoms with Gasteiger partial charge in [-0.2, -0.15) is 13.2 Å². The molecule has 2 N–H and O–H groups in total. The van der Waals surface area contributed by atoms with Crippen LogP contribution in [0.4, 0.5) is 29.1 Å². The summed E-state index contributed by atoms with van der Waals surface area (Å²) in [7, 11) is 1.59. The van der Waals surface area contributed by atoms with Gasteiger partial charge in [0.2, 0.25) is 5.91 Å². The van der Waals surface area contributed by atoms with Gasteiger partial charge in [0.1, 0.15) is 5.82 Å². The molecule has 0 spiro atoms. The quantitative estimate of drug-likeness (QED) is 0.400. The van der Waals surface area contributed by atoms with Crippen LogP contribution in [0.2, 0.25) is 0 Å². The first kappa shape index (κ1) is 29.0. The Kier molecular flexibility index (Phi) is 9.00. The van der Waals surface area contributed by atoms with E-state index in [9.17, 15) is 27.2 Å². The zero-order valence-corrected chi connectivity index (χ0v) is 22.0. The molecule has 3 aromatic rings. The van der Waals surface area contributed by atoms with Gasteiger partial charge >= 0.3 is 6.18 Å². The monoisotopic (exact) mass is 559 g/mol. The van der Waals surface area contributed by atoms with E-state index in [0.29, 0.717) is 43.1 Å². The van der Waals surface area contributed by atoms with Gasteiger partial charge in [0.25, 0.3) is 5.91 Å². The number of ether oxygens (including phenoxy) is 1. The third kappa shape index (κ3) is 7.33. The number of benzene rings is 2. The van der Waals surface area contributed by atoms with Gasteiger partial charge in [-0.05, 0) is 47.5 Å². The van der Waals surface area contributed by atoms with Crippen molar-refractivity contribution < 1.29 is 31.9 Å². The Bertz CT molecular complexity index is 1360. The molecular formula is C28H29F4N5O3. The van der Waals surface area contributed by atoms with Crippen molar-refractivity contribution in [3.63, 3.8) is 0 Å². The van der Waals surface area contributed by atoms with Crippen molar-refractivity contribution in [2.75, 3.05) is 50.1 Å². The van der Waals surface area contributed by atoms with Gasteiger partial charge in [0.15, 0.2) is 18.2 Å². The minimum Gasteiger partial charge on any atom is -0.481 e. The summed E-state index contributed by atoms with van der Waals surface area (Å²) in [6.07, 6.45) is -3.09. The molecule has 8 nitrogen and oxygen atoms in total. The maximum absolute atomic E-state index is 14.7. The lowest BCUT2D eigenvalue weighted by Crippen LogP contribution is -2.43. The number of nitrogens with zero attached hydrogens (tertiary/aromatic N) is 3. The number of anilines is 2. The highest BCUT2D eigenvalue weighted by atomic mass is 19.4. The number of alkyl halides is 3. The largest absolute Gasteiger partial charge is 0.481 e. The fourth-order valence-corrected chi connectivity index (χ4v) is 4.22. The summed E-state index contributed by atoms with van der Waals surface area (Å²) < 4.78 is 61.2. The summed E-state index contributed by atoms with van der Waals surface area (Å²) in [6.45, 7) is 3.67. The molecule has 1 aliphatic rings. The number of hydrogen-bond acceptors (Lipinski definition) is 6. The van der Waals surface area contributed by atoms with Gasteiger partial charge < -0.3 is 20.3 Å². The lowest BCUT2D eigenvalue weighted by molar-refractivity contribution is -0.138. The van der Waals surface area contributed by atoms with E-state index in [0.717, 1.165) is 6.07 Å². The average Bonchev–Trinajstić information content (AvgIpc) is 2.93. The Morgan fingerprint density at radius 3 is 2.42 bits per heavy atom. The summed E-state index contributed by atoms with van der Waals surface area (Å²) in [6, 6.07) is 11.1. The van der Waals surface area contributed by atoms with E-state index in [2.05, 4.69) is 15.6 Å². The number of halogens is 4. The van der Waals surface area contributed by atoms with Gasteiger partial charge in [-0.1, -0.05) is 12.1 Å². The van der Waals surface area contributed by atoms with Crippen LogP contribution in [0.3, 0.4) is 0 Å². The van der Waals surface area contributed by atoms with Gasteiger partial charge in [-0.25, -0.2) is 9.37 Å². The molecule has 0 aliphatic carbocycles. The lowest BCUT2D eigenvalue weighted by atomic mass is 10.0. The second-order valence-electron chi connectivity index (χ2n) is 9.36. The highest BCUT2D eigenvalue weighted by Crippen LogP contribution is 2.34. The van der Waals surface area contributed by atoms with E-state index in [1.54, 1.807) is 25.2 Å². The van der Waals surface area contributed by atoms with Gasteiger partial charge in [-0.15, -0.1) is 0 Å². The van der Waals surface area contributed by atoms with E-state index >= 15 is 0 Å². The van der Waals surface area contributed by atoms with Crippen molar-refractivity contribution in [3.8, 4) is 16.9 Å². The molecule has 0 unspecified atom stereocenters. The number of carbonyl (C=O) groups is 2. The Labute approximate surface area is 228 Å². The van der Waals surface area contributed by atoms with Crippen molar-refractivity contribution in [3.05, 3.63) is 71.7 Å². The summed E-state index contributed by atoms with van der Waals surface area (Å²) in [4.78, 5) is 31.4. The van der Waals surface area contributed by atoms with Crippen molar-refractivity contribution in [2.24, 2.45) is 0 Å². The third-order valence-electron chi connectivity index (χ3n) is 6.49. The summed E-state index contributed by atoms with van der Waals surface area (Å²) in [5.74, 6) is -1.39. The minimum atomic E-state index is -4.59. The number of nitrogens with one attached hydrogen (secondary N) is 2. The number of aromatic nitrogens is 1. The van der Waals surface area contributed by atoms with Crippen LogP contribution in [0.5, 0.6) is 5.75 Å². The third-order valence-corrected chi connectivity index (χ3v) is 6.49. The van der Waals surface area contributed by atoms with Crippen molar-refractivity contribution >= 4 is 23.3 Å². The Morgan fingerprint density at radius 2 is 1.80 bits per heavy atom. The smallest absolute Gasteiger partial charge is 0.416 e. The minimum absolute atomic E-state index is 0.0350. The van der Waals surface area contributed by atoms with Crippen LogP contribution in [-0.2, 0) is 22.3 Å². The van der Waals surface area contributed by atoms with E-state index in [1.807, 2.05) is 4.90 Å². The number of amides is 2. The van der Waals surface area contributed by atoms with E-state index in [4.69, 9.17) is 4.74 Å². The van der Waals surface area contributed by atoms with Crippen LogP contribution in [-0.4, -0.2) is 61.5 Å². The molecule has 2 amide bonds. The molecule has 2 aromatic carbocycles. The maximum Gasteiger partial charge on any atom is 0.416 e. The summed E-state index contributed by atoms with van der Waals surface area (Å²) in [5.41, 5.74) is 0.375. The molecule has 1 saturated heterocycles. The topological polar surface area (TPSA) is 86.8 Å². The number of hydrogen-bond donors (Lipinski definition) is 2. The normalized spacial score (nSPS) is 14.1. The predicted molar refractivity (Wildman–Crippen MR) is 142 cm³/mol. The van der Waals surface area contributed by atoms with Crippen LogP contribution in [0, 0.1) is 5.82 Å². The first-order chi connectivity index (χ1) is 19.0. The number of pyridine rings is 1. The lowest BCUT2D eigenvalue weighted by Gasteiger charge is -2.28. The predicted octanol–water partition coefficient (Wildman–Crippen LogP) is 4.31. The molecule has 1 fully saturated rings. The Balaban J connectivity index is 1.38. The first-order valence-corrected chi connectivity index (χ1v) is 12.6. The standard InChI is InChI=1S/C28H29F4N5O3/c1-18(38)36(2)26-8-5-20(15-34-26)19-4-7-25(24(29)13-19)40-17-27(39)35-22-6-3-21(23(14-22)28(30,31)32)16-37-11-9-33-10-12-37/h3-8,13-15,33H,9-12,16-17H2,1-2H3,(H,35,39). The number of rotatable bonds is 8. The maximum atomic E-state index is 14.7. The summed E-state index contributed by atoms with van der Waals surface area (Å²) >= 11 is 0. The molecule has 4 rings (SSSR count). The molecular weight excluding hydrogens is 530 g/mol. The van der Waals surface area contributed by atoms with Gasteiger partial charge in [-0.3, -0.25) is 14.5 Å². The Morgan fingerprint density at radius 1 is 1.07 bits per heavy atom. The van der Waals surface area contributed by atoms with E-state index < -0.39 is 30.1 Å². The molecule has 40 heavy (non-hydrogen) atoms. The second-order valence-corrected chi connectivity index (χ2v) is 9.36. The molecule has 0 bridgehead atoms. The molecule has 0 saturated carbocycles. The van der Waals surface area contributed by atoms with Gasteiger partial charge in [0.05, 0.1) is 5.56 Å². The molecule has 212 valence electrons. The van der Waals surface area contributed by atoms with Crippen LogP contribution >= 0.6 is 0 Å². The fourth-order valence-electron chi connectivity index (χ4n) is 4.22. The van der Waals surface area contributed by atoms with Crippen molar-refractivity contribution in [1.29, 1.82) is 0 Å². The van der Waals surface area contributed by atoms with Crippen molar-refractivity contribution in [2.45, 2.75) is 19.6 Å². The van der Waals surface area contributed by atoms with Gasteiger partial charge in [0, 0.05) is 64.1 Å². The Hall–Kier alpha value is -4.03. The number of carbonyl (C=O) groups excluding carboxylic acids is 2. The zero-order chi connectivity index (χ0) is 28.9. The first-order valence-electron chi connectivity index (χ1n) is 12.6. The fraction of sp³-hybridized carbons (Fsp3) is 0.321. The van der Waals surface area contributed by atoms with E-state index in [-0.39, 0.29) is 29.5 Å². The number of piperazine rings is 1. The van der Waals surface area contributed by atoms with Crippen LogP contribution < -0.4 is 20.3 Å². The van der Waals surface area contributed by atoms with Crippen LogP contribution in [0.1, 0.15) is 18.1 Å². The highest BCUT2D eigenvalue weighted by molar-refractivity contribution is 5.92. The zero-order valence-electron chi connectivity index (χ0n) is 22.0. The second kappa shape index (κ2) is 12.4. The molecule has 1 aliphatic heterocycles. The highest BCUT2D eigenvalue weighted by Gasteiger charge is 2.34.